The van der Waals surface area contributed by atoms with Crippen molar-refractivity contribution in [2.45, 2.75) is 32.6 Å². The molecule has 0 fully saturated rings. The van der Waals surface area contributed by atoms with Crippen LogP contribution in [0.15, 0.2) is 11.6 Å². The van der Waals surface area contributed by atoms with Gasteiger partial charge >= 0.3 is 0 Å². The van der Waals surface area contributed by atoms with Crippen LogP contribution in [-0.4, -0.2) is 24.6 Å². The van der Waals surface area contributed by atoms with Gasteiger partial charge in [-0.05, 0) is 18.1 Å². The SMILES string of the molecule is CCCP(/C=C/P(=O)(CCC#N)CCC#N)CCC#N. The Balaban J connectivity index is 4.78. The van der Waals surface area contributed by atoms with Gasteiger partial charge < -0.3 is 4.57 Å². The lowest BCUT2D eigenvalue weighted by Gasteiger charge is -2.14. The molecular formula is C14H21N3OP2. The van der Waals surface area contributed by atoms with Gasteiger partial charge in [0.05, 0.1) is 18.2 Å². The summed E-state index contributed by atoms with van der Waals surface area (Å²) in [6.45, 7) is 2.10. The number of hydrogen-bond acceptors (Lipinski definition) is 4. The van der Waals surface area contributed by atoms with Gasteiger partial charge in [0.1, 0.15) is 7.14 Å². The van der Waals surface area contributed by atoms with Crippen LogP contribution in [0.3, 0.4) is 0 Å². The van der Waals surface area contributed by atoms with E-state index in [-0.39, 0.29) is 12.8 Å². The van der Waals surface area contributed by atoms with Gasteiger partial charge in [0.2, 0.25) is 0 Å². The van der Waals surface area contributed by atoms with E-state index in [0.29, 0.717) is 18.7 Å². The van der Waals surface area contributed by atoms with Crippen LogP contribution in [0.5, 0.6) is 0 Å². The van der Waals surface area contributed by atoms with E-state index in [1.807, 2.05) is 18.0 Å². The fourth-order valence-electron chi connectivity index (χ4n) is 1.70. The highest BCUT2D eigenvalue weighted by Crippen LogP contribution is 2.51. The molecule has 0 saturated carbocycles. The number of rotatable bonds is 10. The Labute approximate surface area is 123 Å². The Kier molecular flexibility index (Phi) is 11.0. The van der Waals surface area contributed by atoms with E-state index < -0.39 is 15.1 Å². The molecule has 20 heavy (non-hydrogen) atoms. The Morgan fingerprint density at radius 2 is 1.55 bits per heavy atom. The molecule has 0 saturated heterocycles. The molecule has 0 heterocycles. The third-order valence-electron chi connectivity index (χ3n) is 2.78. The van der Waals surface area contributed by atoms with Crippen molar-refractivity contribution in [3.63, 3.8) is 0 Å². The van der Waals surface area contributed by atoms with Crippen LogP contribution in [0.25, 0.3) is 0 Å². The maximum Gasteiger partial charge on any atom is 0.110 e. The molecular weight excluding hydrogens is 288 g/mol. The molecule has 108 valence electrons. The van der Waals surface area contributed by atoms with Crippen molar-refractivity contribution in [2.75, 3.05) is 24.6 Å². The van der Waals surface area contributed by atoms with Crippen LogP contribution in [0.2, 0.25) is 0 Å². The van der Waals surface area contributed by atoms with Gasteiger partial charge in [-0.1, -0.05) is 27.1 Å². The predicted octanol–water partition coefficient (Wildman–Crippen LogP) is 4.45. The highest BCUT2D eigenvalue weighted by atomic mass is 31.2. The second-order valence-electron chi connectivity index (χ2n) is 4.46. The van der Waals surface area contributed by atoms with E-state index in [9.17, 15) is 4.57 Å². The van der Waals surface area contributed by atoms with E-state index in [4.69, 9.17) is 15.8 Å². The van der Waals surface area contributed by atoms with Crippen LogP contribution >= 0.6 is 15.1 Å². The van der Waals surface area contributed by atoms with Gasteiger partial charge in [-0.2, -0.15) is 15.8 Å². The minimum Gasteiger partial charge on any atom is -0.319 e. The topological polar surface area (TPSA) is 88.4 Å². The van der Waals surface area contributed by atoms with E-state index in [1.54, 1.807) is 5.82 Å². The second-order valence-corrected chi connectivity index (χ2v) is 9.93. The van der Waals surface area contributed by atoms with Crippen molar-refractivity contribution >= 4 is 15.1 Å². The Hall–Kier alpha value is -1.13. The average molecular weight is 309 g/mol. The fourth-order valence-corrected chi connectivity index (χ4v) is 6.39. The molecule has 0 aliphatic carbocycles. The van der Waals surface area contributed by atoms with Gasteiger partial charge in [-0.3, -0.25) is 0 Å². The van der Waals surface area contributed by atoms with Crippen molar-refractivity contribution in [3.8, 4) is 18.2 Å². The Morgan fingerprint density at radius 3 is 2.00 bits per heavy atom. The highest BCUT2D eigenvalue weighted by molar-refractivity contribution is 7.68. The molecule has 1 unspecified atom stereocenters. The van der Waals surface area contributed by atoms with E-state index >= 15 is 0 Å². The molecule has 0 aliphatic rings. The van der Waals surface area contributed by atoms with Crippen molar-refractivity contribution in [3.05, 3.63) is 11.6 Å². The lowest BCUT2D eigenvalue weighted by molar-refractivity contribution is 0.580. The lowest BCUT2D eigenvalue weighted by Crippen LogP contribution is -1.93. The van der Waals surface area contributed by atoms with Crippen molar-refractivity contribution < 1.29 is 4.57 Å². The van der Waals surface area contributed by atoms with E-state index in [1.165, 1.54) is 0 Å². The molecule has 0 aliphatic heterocycles. The second kappa shape index (κ2) is 11.7. The molecule has 6 heteroatoms. The summed E-state index contributed by atoms with van der Waals surface area (Å²) in [6.07, 6.45) is 4.67. The predicted molar refractivity (Wildman–Crippen MR) is 84.1 cm³/mol. The summed E-state index contributed by atoms with van der Waals surface area (Å²) in [5, 5.41) is 25.9. The summed E-state index contributed by atoms with van der Waals surface area (Å²) >= 11 is 0. The van der Waals surface area contributed by atoms with Gasteiger partial charge in [0.15, 0.2) is 0 Å². The first-order chi connectivity index (χ1) is 9.61. The fraction of sp³-hybridized carbons (Fsp3) is 0.643. The maximum atomic E-state index is 12.7. The highest BCUT2D eigenvalue weighted by Gasteiger charge is 2.18. The molecule has 1 atom stereocenters. The molecule has 4 nitrogen and oxygen atoms in total. The van der Waals surface area contributed by atoms with Gasteiger partial charge in [-0.15, -0.1) is 0 Å². The van der Waals surface area contributed by atoms with Crippen molar-refractivity contribution in [1.82, 2.24) is 0 Å². The molecule has 0 N–H and O–H groups in total. The number of nitrogens with zero attached hydrogens (tertiary/aromatic N) is 3. The normalized spacial score (nSPS) is 12.5. The van der Waals surface area contributed by atoms with Gasteiger partial charge in [-0.25, -0.2) is 0 Å². The lowest BCUT2D eigenvalue weighted by atomic mass is 10.5. The first-order valence-electron chi connectivity index (χ1n) is 6.74. The summed E-state index contributed by atoms with van der Waals surface area (Å²) in [5.74, 6) is 3.77. The van der Waals surface area contributed by atoms with E-state index in [0.717, 1.165) is 18.7 Å². The number of nitriles is 3. The molecule has 0 bridgehead atoms. The zero-order valence-corrected chi connectivity index (χ0v) is 13.7. The standard InChI is InChI=1S/C14H21N3OP2/c1-2-9-19(10-3-6-15)11-14-20(18,12-4-7-16)13-5-8-17/h11,14H,2-5,9-10,12-13H2,1H3/b14-11+. The molecule has 0 radical (unpaired) electrons. The monoisotopic (exact) mass is 309 g/mol. The largest absolute Gasteiger partial charge is 0.319 e. The van der Waals surface area contributed by atoms with E-state index in [2.05, 4.69) is 13.0 Å². The van der Waals surface area contributed by atoms with Crippen molar-refractivity contribution in [2.24, 2.45) is 0 Å². The molecule has 0 aromatic rings. The summed E-state index contributed by atoms with van der Waals surface area (Å²) in [5.41, 5.74) is 0. The first-order valence-corrected chi connectivity index (χ1v) is 10.7. The summed E-state index contributed by atoms with van der Waals surface area (Å²) in [7, 11) is -2.96. The Morgan fingerprint density at radius 1 is 1.00 bits per heavy atom. The quantitative estimate of drug-likeness (QED) is 0.557. The molecule has 0 rings (SSSR count). The molecule has 0 spiro atoms. The minimum absolute atomic E-state index is 0.261. The third kappa shape index (κ3) is 8.88. The third-order valence-corrected chi connectivity index (χ3v) is 8.05. The summed E-state index contributed by atoms with van der Waals surface area (Å²) < 4.78 is 12.7. The maximum absolute atomic E-state index is 12.7. The zero-order valence-electron chi connectivity index (χ0n) is 12.0. The van der Waals surface area contributed by atoms with Crippen LogP contribution in [-0.2, 0) is 4.57 Å². The Bertz CT molecular complexity index is 446. The average Bonchev–Trinajstić information content (AvgIpc) is 2.46. The molecule has 0 aromatic carbocycles. The van der Waals surface area contributed by atoms with Crippen LogP contribution < -0.4 is 0 Å². The summed E-state index contributed by atoms with van der Waals surface area (Å²) in [4.78, 5) is 0. The van der Waals surface area contributed by atoms with Crippen molar-refractivity contribution in [1.29, 1.82) is 15.8 Å². The van der Waals surface area contributed by atoms with Crippen LogP contribution in [0, 0.1) is 34.0 Å². The molecule has 0 amide bonds. The van der Waals surface area contributed by atoms with Crippen LogP contribution in [0.1, 0.15) is 32.6 Å². The van der Waals surface area contributed by atoms with Gasteiger partial charge in [0.25, 0.3) is 0 Å². The molecule has 0 aromatic heterocycles. The summed E-state index contributed by atoms with van der Waals surface area (Å²) in [6, 6.07) is 6.19. The zero-order chi connectivity index (χ0) is 15.3. The smallest absolute Gasteiger partial charge is 0.110 e. The van der Waals surface area contributed by atoms with Gasteiger partial charge in [0, 0.05) is 31.6 Å². The van der Waals surface area contributed by atoms with Crippen LogP contribution in [0.4, 0.5) is 0 Å². The first kappa shape index (κ1) is 18.9. The number of hydrogen-bond donors (Lipinski definition) is 0. The minimum atomic E-state index is -2.55.